The lowest BCUT2D eigenvalue weighted by molar-refractivity contribution is 0.436. The highest BCUT2D eigenvalue weighted by atomic mass is 35.5. The van der Waals surface area contributed by atoms with Gasteiger partial charge in [0.05, 0.1) is 11.4 Å². The second-order valence-electron chi connectivity index (χ2n) is 0.217. The molecule has 0 saturated heterocycles. The Kier molecular flexibility index (Phi) is 14.4. The van der Waals surface area contributed by atoms with Crippen LogP contribution in [-0.2, 0) is 11.4 Å². The summed E-state index contributed by atoms with van der Waals surface area (Å²) in [6.07, 6.45) is 0. The smallest absolute Gasteiger partial charge is 0.0814 e. The van der Waals surface area contributed by atoms with Crippen LogP contribution in [0.2, 0.25) is 0 Å². The fourth-order valence-corrected chi connectivity index (χ4v) is 0. The summed E-state index contributed by atoms with van der Waals surface area (Å²) in [5, 5.41) is 3.97. The largest absolute Gasteiger partial charge is 0.750 e. The van der Waals surface area contributed by atoms with E-state index in [2.05, 4.69) is 17.0 Å². The molecule has 0 bridgehead atoms. The van der Waals surface area contributed by atoms with Gasteiger partial charge < -0.3 is 9.11 Å². The fraction of sp³-hybridized carbons (Fsp3) is 0. The van der Waals surface area contributed by atoms with Crippen molar-refractivity contribution in [1.82, 2.24) is 0 Å². The Hall–Kier alpha value is 0.320. The Labute approximate surface area is 42.5 Å². The van der Waals surface area contributed by atoms with E-state index in [0.29, 0.717) is 0 Å². The molecule has 0 aromatic carbocycles. The normalized spacial score (nSPS) is 11.3. The van der Waals surface area contributed by atoms with Crippen LogP contribution in [0, 0.1) is 0 Å². The number of hydrogen-bond donors (Lipinski definition) is 2. The van der Waals surface area contributed by atoms with Crippen molar-refractivity contribution in [1.29, 1.82) is 0 Å². The van der Waals surface area contributed by atoms with Crippen LogP contribution in [0.3, 0.4) is 0 Å². The minimum atomic E-state index is -2.86. The Bertz CT molecular complexity index is 33.8. The van der Waals surface area contributed by atoms with Gasteiger partial charge in [-0.15, -0.1) is 0 Å². The molecular weight excluding hydrogens is 130 g/mol. The molecule has 6 heavy (non-hydrogen) atoms. The van der Waals surface area contributed by atoms with Crippen LogP contribution < -0.4 is 5.25 Å². The molecule has 0 saturated carbocycles. The van der Waals surface area contributed by atoms with Gasteiger partial charge in [0.1, 0.15) is 0 Å². The van der Waals surface area contributed by atoms with Crippen LogP contribution >= 0.6 is 11.8 Å². The summed E-state index contributed by atoms with van der Waals surface area (Å²) >= 11 is 1.28. The van der Waals surface area contributed by atoms with Crippen molar-refractivity contribution in [2.24, 2.45) is 5.25 Å². The first-order valence-electron chi connectivity index (χ1n) is 0.734. The van der Waals surface area contributed by atoms with Crippen LogP contribution in [0.4, 0.5) is 0 Å². The Balaban J connectivity index is 0. The van der Waals surface area contributed by atoms with E-state index >= 15 is 0 Å². The Morgan fingerprint density at radius 2 is 1.83 bits per heavy atom. The van der Waals surface area contributed by atoms with Crippen LogP contribution in [0.1, 0.15) is 0 Å². The molecule has 0 aliphatic rings. The zero-order chi connectivity index (χ0) is 5.58. The van der Waals surface area contributed by atoms with Gasteiger partial charge in [-0.05, 0) is 11.8 Å². The maximum absolute atomic E-state index is 8.56. The second-order valence-corrected chi connectivity index (χ2v) is 0.651. The third-order valence-corrected chi connectivity index (χ3v) is 0. The molecule has 0 aliphatic heterocycles. The predicted octanol–water partition coefficient (Wildman–Crippen LogP) is -0.563. The van der Waals surface area contributed by atoms with Gasteiger partial charge in [0.15, 0.2) is 0 Å². The molecule has 0 heterocycles. The number of hydrogen-bond acceptors (Lipinski definition) is 3. The van der Waals surface area contributed by atoms with Gasteiger partial charge in [-0.3, -0.25) is 0 Å². The van der Waals surface area contributed by atoms with Crippen molar-refractivity contribution in [2.75, 3.05) is 0 Å². The molecule has 0 amide bonds. The van der Waals surface area contributed by atoms with E-state index in [1.807, 2.05) is 0 Å². The lowest BCUT2D eigenvalue weighted by Crippen LogP contribution is -1.75. The van der Waals surface area contributed by atoms with Gasteiger partial charge in [0.2, 0.25) is 0 Å². The summed E-state index contributed by atoms with van der Waals surface area (Å²) in [5.74, 6) is 0. The zero-order valence-corrected chi connectivity index (χ0v) is 4.20. The van der Waals surface area contributed by atoms with Crippen LogP contribution in [0.15, 0.2) is 0 Å². The third-order valence-electron chi connectivity index (χ3n) is 0. The lowest BCUT2D eigenvalue weighted by atomic mass is 14.0. The Morgan fingerprint density at radius 3 is 1.83 bits per heavy atom. The van der Waals surface area contributed by atoms with E-state index in [0.717, 1.165) is 0 Å². The highest BCUT2D eigenvalue weighted by Crippen LogP contribution is 1.43. The standard InChI is InChI=1S/ClH2N.H2O3S/c1-2;1-4(2)3/h2H2;(H2,1,2,3)/p-1. The first kappa shape index (κ1) is 9.58. The van der Waals surface area contributed by atoms with E-state index in [-0.39, 0.29) is 0 Å². The maximum Gasteiger partial charge on any atom is 0.0814 e. The topological polar surface area (TPSA) is 86.4 Å². The number of halogens is 1. The molecule has 6 heteroatoms. The SMILES string of the molecule is NCl.O=S([O-])O. The molecule has 1 unspecified atom stereocenters. The molecule has 0 aromatic heterocycles. The van der Waals surface area contributed by atoms with Gasteiger partial charge in [-0.2, -0.15) is 0 Å². The summed E-state index contributed by atoms with van der Waals surface area (Å²) < 4.78 is 24.1. The van der Waals surface area contributed by atoms with E-state index in [9.17, 15) is 0 Å². The fourth-order valence-electron chi connectivity index (χ4n) is 0. The summed E-state index contributed by atoms with van der Waals surface area (Å²) in [6.45, 7) is 0. The van der Waals surface area contributed by atoms with Gasteiger partial charge in [-0.25, -0.2) is 9.46 Å². The van der Waals surface area contributed by atoms with Gasteiger partial charge in [0, 0.05) is 0 Å². The minimum Gasteiger partial charge on any atom is -0.750 e. The molecule has 0 aromatic rings. The third kappa shape index (κ3) is 465. The first-order valence-corrected chi connectivity index (χ1v) is 2.20. The zero-order valence-electron chi connectivity index (χ0n) is 2.63. The molecule has 0 radical (unpaired) electrons. The highest BCUT2D eigenvalue weighted by Gasteiger charge is 1.42. The average Bonchev–Trinajstić information content (AvgIpc) is 1.41. The average molecular weight is 133 g/mol. The molecule has 3 N–H and O–H groups in total. The quantitative estimate of drug-likeness (QED) is 0.342. The van der Waals surface area contributed by atoms with Gasteiger partial charge >= 0.3 is 0 Å². The highest BCUT2D eigenvalue weighted by molar-refractivity contribution is 7.73. The molecule has 0 rings (SSSR count). The maximum atomic E-state index is 8.56. The van der Waals surface area contributed by atoms with Crippen LogP contribution in [0.5, 0.6) is 0 Å². The minimum absolute atomic E-state index is 2.86. The molecule has 1 atom stereocenters. The van der Waals surface area contributed by atoms with E-state index in [1.54, 1.807) is 0 Å². The predicted molar refractivity (Wildman–Crippen MR) is 21.6 cm³/mol. The summed E-state index contributed by atoms with van der Waals surface area (Å²) in [7, 11) is 0. The molecule has 0 fully saturated rings. The summed E-state index contributed by atoms with van der Waals surface area (Å²) in [4.78, 5) is 0. The number of nitrogens with two attached hydrogens (primary N) is 1. The molecule has 40 valence electrons. The van der Waals surface area contributed by atoms with Crippen molar-refractivity contribution in [3.8, 4) is 0 Å². The van der Waals surface area contributed by atoms with E-state index < -0.39 is 11.4 Å². The molecule has 0 aliphatic carbocycles. The van der Waals surface area contributed by atoms with Gasteiger partial charge in [0.25, 0.3) is 0 Å². The van der Waals surface area contributed by atoms with Crippen LogP contribution in [-0.4, -0.2) is 13.3 Å². The first-order chi connectivity index (χ1) is 2.73. The van der Waals surface area contributed by atoms with Gasteiger partial charge in [-0.1, -0.05) is 0 Å². The molecule has 0 spiro atoms. The number of rotatable bonds is 0. The van der Waals surface area contributed by atoms with Crippen molar-refractivity contribution < 1.29 is 13.3 Å². The lowest BCUT2D eigenvalue weighted by Gasteiger charge is -1.83. The van der Waals surface area contributed by atoms with Crippen molar-refractivity contribution >= 4 is 23.1 Å². The Morgan fingerprint density at radius 1 is 1.83 bits per heavy atom. The monoisotopic (exact) mass is 132 g/mol. The van der Waals surface area contributed by atoms with E-state index in [4.69, 9.17) is 13.3 Å². The molecule has 4 nitrogen and oxygen atoms in total. The summed E-state index contributed by atoms with van der Waals surface area (Å²) in [5.41, 5.74) is 0. The van der Waals surface area contributed by atoms with Crippen molar-refractivity contribution in [3.63, 3.8) is 0 Å². The van der Waals surface area contributed by atoms with E-state index in [1.165, 1.54) is 0 Å². The molecular formula is H3ClNO3S-. The summed E-state index contributed by atoms with van der Waals surface area (Å²) in [6, 6.07) is 0. The van der Waals surface area contributed by atoms with Crippen molar-refractivity contribution in [3.05, 3.63) is 0 Å². The van der Waals surface area contributed by atoms with Crippen LogP contribution in [0.25, 0.3) is 0 Å². The second kappa shape index (κ2) is 9.01. The van der Waals surface area contributed by atoms with Crippen molar-refractivity contribution in [2.45, 2.75) is 0 Å².